The molecule has 104 valence electrons. The highest BCUT2D eigenvalue weighted by atomic mass is 16.5. The molecule has 5 nitrogen and oxygen atoms in total. The van der Waals surface area contributed by atoms with Crippen molar-refractivity contribution in [1.82, 2.24) is 10.1 Å². The molecule has 0 radical (unpaired) electrons. The number of hydrogen-bond donors (Lipinski definition) is 1. The number of hydrogen-bond acceptors (Lipinski definition) is 5. The normalized spacial score (nSPS) is 39.9. The van der Waals surface area contributed by atoms with Crippen molar-refractivity contribution < 1.29 is 9.26 Å². The molecule has 5 heteroatoms. The second-order valence-electron chi connectivity index (χ2n) is 6.70. The fourth-order valence-corrected chi connectivity index (χ4v) is 4.86. The molecule has 0 amide bonds. The van der Waals surface area contributed by atoms with Crippen molar-refractivity contribution in [3.63, 3.8) is 0 Å². The smallest absolute Gasteiger partial charge is 0.240 e. The van der Waals surface area contributed by atoms with Crippen LogP contribution in [-0.4, -0.2) is 15.7 Å². The van der Waals surface area contributed by atoms with Gasteiger partial charge in [-0.1, -0.05) is 5.16 Å². The van der Waals surface area contributed by atoms with E-state index in [1.807, 2.05) is 0 Å². The van der Waals surface area contributed by atoms with Gasteiger partial charge in [0, 0.05) is 0 Å². The number of nitrogens with two attached hydrogens (primary N) is 1. The zero-order valence-electron chi connectivity index (χ0n) is 11.2. The summed E-state index contributed by atoms with van der Waals surface area (Å²) in [4.78, 5) is 4.22. The summed E-state index contributed by atoms with van der Waals surface area (Å²) in [6.45, 7) is 0.764. The van der Waals surface area contributed by atoms with Crippen molar-refractivity contribution in [3.05, 3.63) is 11.7 Å². The lowest BCUT2D eigenvalue weighted by atomic mass is 9.54. The van der Waals surface area contributed by atoms with Crippen LogP contribution < -0.4 is 5.73 Å². The Bertz CT molecular complexity index is 436. The molecule has 4 aliphatic carbocycles. The maximum Gasteiger partial charge on any atom is 0.240 e. The summed E-state index contributed by atoms with van der Waals surface area (Å²) < 4.78 is 11.3. The van der Waals surface area contributed by atoms with E-state index in [0.717, 1.165) is 17.8 Å². The molecular formula is C14H21N3O2. The minimum absolute atomic E-state index is 0.109. The van der Waals surface area contributed by atoms with E-state index in [4.69, 9.17) is 15.0 Å². The maximum atomic E-state index is 6.26. The Kier molecular flexibility index (Phi) is 2.67. The molecule has 1 heterocycles. The van der Waals surface area contributed by atoms with Crippen LogP contribution >= 0.6 is 0 Å². The molecule has 4 fully saturated rings. The van der Waals surface area contributed by atoms with E-state index in [2.05, 4.69) is 10.1 Å². The SMILES string of the molecule is NCc1nc(COC23CC4CC(CC(C4)C2)C3)no1. The molecule has 19 heavy (non-hydrogen) atoms. The lowest BCUT2D eigenvalue weighted by Crippen LogP contribution is -2.51. The Morgan fingerprint density at radius 2 is 1.79 bits per heavy atom. The van der Waals surface area contributed by atoms with Gasteiger partial charge < -0.3 is 15.0 Å². The first kappa shape index (κ1) is 11.9. The van der Waals surface area contributed by atoms with Gasteiger partial charge in [-0.15, -0.1) is 0 Å². The maximum absolute atomic E-state index is 6.26. The van der Waals surface area contributed by atoms with Gasteiger partial charge in [0.2, 0.25) is 5.89 Å². The molecule has 1 aromatic heterocycles. The van der Waals surface area contributed by atoms with Gasteiger partial charge in [0.05, 0.1) is 12.1 Å². The lowest BCUT2D eigenvalue weighted by molar-refractivity contribution is -0.170. The molecule has 0 saturated heterocycles. The van der Waals surface area contributed by atoms with E-state index in [0.29, 0.717) is 24.9 Å². The number of aromatic nitrogens is 2. The van der Waals surface area contributed by atoms with E-state index < -0.39 is 0 Å². The summed E-state index contributed by atoms with van der Waals surface area (Å²) in [5, 5.41) is 3.91. The van der Waals surface area contributed by atoms with E-state index in [-0.39, 0.29) is 5.60 Å². The van der Waals surface area contributed by atoms with E-state index in [9.17, 15) is 0 Å². The average Bonchev–Trinajstić information content (AvgIpc) is 2.83. The monoisotopic (exact) mass is 263 g/mol. The highest BCUT2D eigenvalue weighted by Crippen LogP contribution is 2.57. The van der Waals surface area contributed by atoms with Crippen LogP contribution in [0.3, 0.4) is 0 Å². The fourth-order valence-electron chi connectivity index (χ4n) is 4.86. The van der Waals surface area contributed by atoms with Crippen LogP contribution in [0.5, 0.6) is 0 Å². The van der Waals surface area contributed by atoms with Gasteiger partial charge in [0.25, 0.3) is 0 Å². The Morgan fingerprint density at radius 1 is 1.16 bits per heavy atom. The predicted molar refractivity (Wildman–Crippen MR) is 67.9 cm³/mol. The number of ether oxygens (including phenoxy) is 1. The average molecular weight is 263 g/mol. The topological polar surface area (TPSA) is 74.2 Å². The van der Waals surface area contributed by atoms with Crippen LogP contribution in [0, 0.1) is 17.8 Å². The summed E-state index contributed by atoms with van der Waals surface area (Å²) in [6.07, 6.45) is 8.01. The van der Waals surface area contributed by atoms with Gasteiger partial charge in [-0.25, -0.2) is 0 Å². The molecule has 1 aromatic rings. The second-order valence-corrected chi connectivity index (χ2v) is 6.70. The van der Waals surface area contributed by atoms with Crippen molar-refractivity contribution >= 4 is 0 Å². The minimum atomic E-state index is 0.109. The van der Waals surface area contributed by atoms with Crippen molar-refractivity contribution in [2.45, 2.75) is 57.3 Å². The van der Waals surface area contributed by atoms with Crippen LogP contribution in [0.15, 0.2) is 4.52 Å². The van der Waals surface area contributed by atoms with Crippen molar-refractivity contribution in [2.75, 3.05) is 0 Å². The first-order chi connectivity index (χ1) is 9.25. The first-order valence-corrected chi connectivity index (χ1v) is 7.40. The Hall–Kier alpha value is -0.940. The van der Waals surface area contributed by atoms with E-state index in [1.54, 1.807) is 0 Å². The molecule has 0 aliphatic heterocycles. The minimum Gasteiger partial charge on any atom is -0.367 e. The van der Waals surface area contributed by atoms with Crippen LogP contribution in [0.4, 0.5) is 0 Å². The van der Waals surface area contributed by atoms with Crippen molar-refractivity contribution in [2.24, 2.45) is 23.5 Å². The zero-order valence-corrected chi connectivity index (χ0v) is 11.2. The molecule has 4 bridgehead atoms. The van der Waals surface area contributed by atoms with Gasteiger partial charge >= 0.3 is 0 Å². The van der Waals surface area contributed by atoms with Gasteiger partial charge in [-0.3, -0.25) is 0 Å². The standard InChI is InChI=1S/C14H21N3O2/c15-7-13-16-12(17-19-13)8-18-14-4-9-1-10(5-14)3-11(2-9)6-14/h9-11H,1-8,15H2. The number of nitrogens with zero attached hydrogens (tertiary/aromatic N) is 2. The largest absolute Gasteiger partial charge is 0.367 e. The van der Waals surface area contributed by atoms with E-state index in [1.165, 1.54) is 38.5 Å². The highest BCUT2D eigenvalue weighted by molar-refractivity contribution is 5.03. The van der Waals surface area contributed by atoms with Crippen LogP contribution in [0.25, 0.3) is 0 Å². The Labute approximate surface area is 112 Å². The Balaban J connectivity index is 1.44. The zero-order chi connectivity index (χ0) is 12.9. The molecule has 4 saturated carbocycles. The first-order valence-electron chi connectivity index (χ1n) is 7.40. The van der Waals surface area contributed by atoms with Crippen molar-refractivity contribution in [1.29, 1.82) is 0 Å². The van der Waals surface area contributed by atoms with Gasteiger partial charge in [0.15, 0.2) is 5.82 Å². The van der Waals surface area contributed by atoms with Crippen LogP contribution in [0.1, 0.15) is 50.2 Å². The van der Waals surface area contributed by atoms with Gasteiger partial charge in [0.1, 0.15) is 6.61 Å². The fraction of sp³-hybridized carbons (Fsp3) is 0.857. The number of rotatable bonds is 4. The summed E-state index contributed by atoms with van der Waals surface area (Å²) in [6, 6.07) is 0. The summed E-state index contributed by atoms with van der Waals surface area (Å²) in [5.74, 6) is 3.82. The Morgan fingerprint density at radius 3 is 2.32 bits per heavy atom. The molecule has 0 atom stereocenters. The summed E-state index contributed by atoms with van der Waals surface area (Å²) >= 11 is 0. The van der Waals surface area contributed by atoms with Gasteiger partial charge in [-0.2, -0.15) is 4.98 Å². The van der Waals surface area contributed by atoms with Gasteiger partial charge in [-0.05, 0) is 56.3 Å². The van der Waals surface area contributed by atoms with Crippen LogP contribution in [0.2, 0.25) is 0 Å². The third kappa shape index (κ3) is 2.09. The summed E-state index contributed by atoms with van der Waals surface area (Å²) in [7, 11) is 0. The summed E-state index contributed by atoms with van der Waals surface area (Å²) in [5.41, 5.74) is 5.58. The highest BCUT2D eigenvalue weighted by Gasteiger charge is 2.51. The molecule has 2 N–H and O–H groups in total. The lowest BCUT2D eigenvalue weighted by Gasteiger charge is -2.56. The molecule has 0 unspecified atom stereocenters. The molecule has 5 rings (SSSR count). The molecular weight excluding hydrogens is 242 g/mol. The quantitative estimate of drug-likeness (QED) is 0.899. The molecule has 0 aromatic carbocycles. The molecule has 0 spiro atoms. The molecule has 4 aliphatic rings. The van der Waals surface area contributed by atoms with E-state index >= 15 is 0 Å². The third-order valence-corrected chi connectivity index (χ3v) is 5.17. The second kappa shape index (κ2) is 4.28. The van der Waals surface area contributed by atoms with Crippen LogP contribution in [-0.2, 0) is 17.9 Å². The van der Waals surface area contributed by atoms with Crippen molar-refractivity contribution in [3.8, 4) is 0 Å². The third-order valence-electron chi connectivity index (χ3n) is 5.17. The predicted octanol–water partition coefficient (Wildman–Crippen LogP) is 2.01.